The number of rotatable bonds is 3. The Hall–Kier alpha value is -3.34. The van der Waals surface area contributed by atoms with Crippen molar-refractivity contribution in [3.8, 4) is 11.5 Å². The molecule has 0 fully saturated rings. The molecule has 1 amide bonds. The number of nitrogens with zero attached hydrogens (tertiary/aromatic N) is 2. The highest BCUT2D eigenvalue weighted by Crippen LogP contribution is 2.37. The first-order chi connectivity index (χ1) is 13.1. The highest BCUT2D eigenvalue weighted by Gasteiger charge is 2.32. The van der Waals surface area contributed by atoms with Crippen LogP contribution in [0.3, 0.4) is 0 Å². The van der Waals surface area contributed by atoms with Crippen molar-refractivity contribution in [3.05, 3.63) is 71.8 Å². The van der Waals surface area contributed by atoms with Crippen LogP contribution in [0.4, 0.5) is 0 Å². The number of fused-ring (bicyclic) bond motifs is 1. The molecular weight excluding hydrogens is 340 g/mol. The SMILES string of the molecule is COc1cc(C2CC(c3cccc4ccccc34)=NN2C(C)=O)ccc1O. The zero-order valence-electron chi connectivity index (χ0n) is 15.2. The van der Waals surface area contributed by atoms with E-state index in [2.05, 4.69) is 23.3 Å². The van der Waals surface area contributed by atoms with Gasteiger partial charge in [-0.15, -0.1) is 0 Å². The minimum Gasteiger partial charge on any atom is -0.504 e. The quantitative estimate of drug-likeness (QED) is 0.759. The minimum absolute atomic E-state index is 0.0730. The second-order valence-corrected chi connectivity index (χ2v) is 6.59. The van der Waals surface area contributed by atoms with E-state index in [1.165, 1.54) is 19.0 Å². The lowest BCUT2D eigenvalue weighted by Crippen LogP contribution is -2.24. The first kappa shape index (κ1) is 17.1. The van der Waals surface area contributed by atoms with Crippen molar-refractivity contribution in [2.45, 2.75) is 19.4 Å². The molecule has 4 rings (SSSR count). The molecule has 5 heteroatoms. The van der Waals surface area contributed by atoms with Crippen LogP contribution in [0.2, 0.25) is 0 Å². The van der Waals surface area contributed by atoms with Gasteiger partial charge < -0.3 is 9.84 Å². The Balaban J connectivity index is 1.77. The Bertz CT molecular complexity index is 1050. The summed E-state index contributed by atoms with van der Waals surface area (Å²) in [6.07, 6.45) is 0.599. The van der Waals surface area contributed by atoms with Gasteiger partial charge in [-0.3, -0.25) is 4.79 Å². The molecule has 1 unspecified atom stereocenters. The van der Waals surface area contributed by atoms with Crippen molar-refractivity contribution >= 4 is 22.4 Å². The molecule has 0 bridgehead atoms. The van der Waals surface area contributed by atoms with E-state index in [4.69, 9.17) is 4.74 Å². The summed E-state index contributed by atoms with van der Waals surface area (Å²) in [4.78, 5) is 12.2. The molecule has 1 aliphatic heterocycles. The maximum Gasteiger partial charge on any atom is 0.240 e. The van der Waals surface area contributed by atoms with E-state index in [-0.39, 0.29) is 17.7 Å². The fourth-order valence-corrected chi connectivity index (χ4v) is 3.60. The van der Waals surface area contributed by atoms with Crippen LogP contribution in [-0.4, -0.2) is 28.8 Å². The fraction of sp³-hybridized carbons (Fsp3) is 0.182. The Morgan fingerprint density at radius 1 is 1.15 bits per heavy atom. The summed E-state index contributed by atoms with van der Waals surface area (Å²) < 4.78 is 5.22. The molecule has 27 heavy (non-hydrogen) atoms. The lowest BCUT2D eigenvalue weighted by molar-refractivity contribution is -0.130. The molecule has 0 aliphatic carbocycles. The highest BCUT2D eigenvalue weighted by atomic mass is 16.5. The zero-order chi connectivity index (χ0) is 19.0. The first-order valence-corrected chi connectivity index (χ1v) is 8.81. The Kier molecular flexibility index (Phi) is 4.28. The van der Waals surface area contributed by atoms with Gasteiger partial charge in [-0.05, 0) is 28.5 Å². The maximum absolute atomic E-state index is 12.2. The van der Waals surface area contributed by atoms with Crippen molar-refractivity contribution in [1.82, 2.24) is 5.01 Å². The average Bonchev–Trinajstić information content (AvgIpc) is 3.13. The lowest BCUT2D eigenvalue weighted by Gasteiger charge is -2.21. The van der Waals surface area contributed by atoms with Gasteiger partial charge in [0.25, 0.3) is 0 Å². The molecule has 0 aromatic heterocycles. The molecule has 3 aromatic rings. The van der Waals surface area contributed by atoms with Crippen molar-refractivity contribution in [1.29, 1.82) is 0 Å². The molecule has 3 aromatic carbocycles. The summed E-state index contributed by atoms with van der Waals surface area (Å²) in [6, 6.07) is 19.2. The molecule has 1 aliphatic rings. The number of ether oxygens (including phenoxy) is 1. The molecule has 0 spiro atoms. The Morgan fingerprint density at radius 2 is 1.93 bits per heavy atom. The summed E-state index contributed by atoms with van der Waals surface area (Å²) in [7, 11) is 1.51. The maximum atomic E-state index is 12.2. The first-order valence-electron chi connectivity index (χ1n) is 8.81. The van der Waals surface area contributed by atoms with Gasteiger partial charge in [-0.1, -0.05) is 48.5 Å². The van der Waals surface area contributed by atoms with Crippen molar-refractivity contribution in [3.63, 3.8) is 0 Å². The van der Waals surface area contributed by atoms with E-state index >= 15 is 0 Å². The largest absolute Gasteiger partial charge is 0.504 e. The van der Waals surface area contributed by atoms with E-state index in [0.717, 1.165) is 27.6 Å². The molecule has 136 valence electrons. The third kappa shape index (κ3) is 3.01. The van der Waals surface area contributed by atoms with Crippen LogP contribution in [0.15, 0.2) is 65.8 Å². The van der Waals surface area contributed by atoms with Gasteiger partial charge in [0.1, 0.15) is 0 Å². The molecular formula is C22H20N2O3. The number of hydrogen-bond donors (Lipinski definition) is 1. The van der Waals surface area contributed by atoms with Crippen LogP contribution in [0, 0.1) is 0 Å². The van der Waals surface area contributed by atoms with E-state index < -0.39 is 0 Å². The molecule has 5 nitrogen and oxygen atoms in total. The molecule has 1 N–H and O–H groups in total. The van der Waals surface area contributed by atoms with E-state index in [1.807, 2.05) is 24.3 Å². The highest BCUT2D eigenvalue weighted by molar-refractivity contribution is 6.12. The molecule has 0 radical (unpaired) electrons. The summed E-state index contributed by atoms with van der Waals surface area (Å²) in [5.41, 5.74) is 2.78. The summed E-state index contributed by atoms with van der Waals surface area (Å²) in [5, 5.41) is 18.3. The third-order valence-corrected chi connectivity index (χ3v) is 4.92. The number of carbonyl (C=O) groups excluding carboxylic acids is 1. The summed E-state index contributed by atoms with van der Waals surface area (Å²) in [6.45, 7) is 1.51. The van der Waals surface area contributed by atoms with Gasteiger partial charge >= 0.3 is 0 Å². The van der Waals surface area contributed by atoms with Gasteiger partial charge in [0.05, 0.1) is 18.9 Å². The standard InChI is InChI=1S/C22H20N2O3/c1-14(25)24-20(16-10-11-21(26)22(12-16)27-2)13-19(23-24)18-9-5-7-15-6-3-4-8-17(15)18/h3-12,20,26H,13H2,1-2H3. The number of benzene rings is 3. The predicted molar refractivity (Wildman–Crippen MR) is 105 cm³/mol. The number of hydrogen-bond acceptors (Lipinski definition) is 4. The predicted octanol–water partition coefficient (Wildman–Crippen LogP) is 4.25. The Labute approximate surface area is 157 Å². The lowest BCUT2D eigenvalue weighted by atomic mass is 9.95. The summed E-state index contributed by atoms with van der Waals surface area (Å²) >= 11 is 0. The van der Waals surface area contributed by atoms with Gasteiger partial charge in [-0.25, -0.2) is 5.01 Å². The third-order valence-electron chi connectivity index (χ3n) is 4.92. The minimum atomic E-state index is -0.231. The van der Waals surface area contributed by atoms with Crippen LogP contribution in [0.5, 0.6) is 11.5 Å². The smallest absolute Gasteiger partial charge is 0.240 e. The monoisotopic (exact) mass is 360 g/mol. The number of amides is 1. The van der Waals surface area contributed by atoms with Gasteiger partial charge in [0.2, 0.25) is 5.91 Å². The van der Waals surface area contributed by atoms with Crippen LogP contribution in [0.25, 0.3) is 10.8 Å². The number of hydrazone groups is 1. The van der Waals surface area contributed by atoms with E-state index in [0.29, 0.717) is 12.2 Å². The molecule has 0 saturated carbocycles. The number of phenolic OH excluding ortho intramolecular Hbond substituents is 1. The molecule has 0 saturated heterocycles. The van der Waals surface area contributed by atoms with Crippen molar-refractivity contribution in [2.75, 3.05) is 7.11 Å². The Morgan fingerprint density at radius 3 is 2.70 bits per heavy atom. The molecule has 1 atom stereocenters. The normalized spacial score (nSPS) is 16.4. The second-order valence-electron chi connectivity index (χ2n) is 6.59. The average molecular weight is 360 g/mol. The molecule has 1 heterocycles. The number of methoxy groups -OCH3 is 1. The van der Waals surface area contributed by atoms with Crippen LogP contribution in [-0.2, 0) is 4.79 Å². The number of aromatic hydroxyl groups is 1. The van der Waals surface area contributed by atoms with Crippen LogP contribution >= 0.6 is 0 Å². The zero-order valence-corrected chi connectivity index (χ0v) is 15.2. The van der Waals surface area contributed by atoms with Gasteiger partial charge in [-0.2, -0.15) is 5.10 Å². The fourth-order valence-electron chi connectivity index (χ4n) is 3.60. The number of phenols is 1. The van der Waals surface area contributed by atoms with Crippen LogP contribution < -0.4 is 4.74 Å². The van der Waals surface area contributed by atoms with E-state index in [9.17, 15) is 9.90 Å². The van der Waals surface area contributed by atoms with Crippen LogP contribution in [0.1, 0.15) is 30.5 Å². The van der Waals surface area contributed by atoms with Crippen molar-refractivity contribution < 1.29 is 14.6 Å². The van der Waals surface area contributed by atoms with E-state index in [1.54, 1.807) is 18.2 Å². The number of carbonyl (C=O) groups is 1. The van der Waals surface area contributed by atoms with Gasteiger partial charge in [0.15, 0.2) is 11.5 Å². The topological polar surface area (TPSA) is 62.1 Å². The second kappa shape index (κ2) is 6.76. The van der Waals surface area contributed by atoms with Gasteiger partial charge in [0, 0.05) is 18.9 Å². The van der Waals surface area contributed by atoms with Crippen molar-refractivity contribution in [2.24, 2.45) is 5.10 Å². The summed E-state index contributed by atoms with van der Waals surface area (Å²) in [5.74, 6) is 0.334.